The molecule has 8 aromatic rings. The van der Waals surface area contributed by atoms with Gasteiger partial charge in [-0.2, -0.15) is 0 Å². The summed E-state index contributed by atoms with van der Waals surface area (Å²) < 4.78 is 0. The normalized spacial score (nSPS) is 10.5. The van der Waals surface area contributed by atoms with Crippen molar-refractivity contribution in [3.05, 3.63) is 181 Å². The SMILES string of the molecule is Cc1ccc(-c2cc(C)ccc2-c2ccc(-c3cc[c-]c(-c4ccccn4)c3)c3nccnc23)cc1.Cc1ccnc(-c2[c-]cccc2)c1.[Ir]. The monoisotopic (exact) mass is 823 g/mol. The quantitative estimate of drug-likeness (QED) is 0.162. The summed E-state index contributed by atoms with van der Waals surface area (Å²) in [5, 5.41) is 0. The van der Waals surface area contributed by atoms with Gasteiger partial charge in [0.2, 0.25) is 0 Å². The van der Waals surface area contributed by atoms with Gasteiger partial charge in [-0.05, 0) is 66.5 Å². The predicted molar refractivity (Wildman–Crippen MR) is 201 cm³/mol. The molecule has 0 unspecified atom stereocenters. The van der Waals surface area contributed by atoms with Crippen LogP contribution in [0.5, 0.6) is 0 Å². The molecule has 50 heavy (non-hydrogen) atoms. The number of nitrogens with zero attached hydrogens (tertiary/aromatic N) is 4. The van der Waals surface area contributed by atoms with Gasteiger partial charge in [0.15, 0.2) is 0 Å². The van der Waals surface area contributed by atoms with Crippen molar-refractivity contribution in [3.63, 3.8) is 0 Å². The molecule has 0 saturated heterocycles. The zero-order valence-corrected chi connectivity index (χ0v) is 30.5. The van der Waals surface area contributed by atoms with E-state index in [1.807, 2.05) is 60.8 Å². The number of pyridine rings is 2. The fourth-order valence-corrected chi connectivity index (χ4v) is 5.91. The largest absolute Gasteiger partial charge is 0.305 e. The molecule has 0 aliphatic heterocycles. The third-order valence-electron chi connectivity index (χ3n) is 8.41. The number of fused-ring (bicyclic) bond motifs is 1. The average molecular weight is 823 g/mol. The van der Waals surface area contributed by atoms with E-state index in [9.17, 15) is 0 Å². The fourth-order valence-electron chi connectivity index (χ4n) is 5.91. The molecule has 5 heteroatoms. The Morgan fingerprint density at radius 1 is 0.400 bits per heavy atom. The third kappa shape index (κ3) is 7.66. The molecule has 3 heterocycles. The number of aryl methyl sites for hydroxylation is 3. The van der Waals surface area contributed by atoms with Gasteiger partial charge in [-0.3, -0.25) is 9.97 Å². The van der Waals surface area contributed by atoms with Crippen LogP contribution in [-0.2, 0) is 20.1 Å². The van der Waals surface area contributed by atoms with E-state index in [4.69, 9.17) is 9.97 Å². The molecular formula is C45H34IrN4-2. The van der Waals surface area contributed by atoms with E-state index in [1.165, 1.54) is 27.8 Å². The summed E-state index contributed by atoms with van der Waals surface area (Å²) in [7, 11) is 0. The minimum atomic E-state index is 0. The summed E-state index contributed by atoms with van der Waals surface area (Å²) in [6.45, 7) is 6.31. The van der Waals surface area contributed by atoms with Crippen LogP contribution in [0.1, 0.15) is 16.7 Å². The molecular weight excluding hydrogens is 789 g/mol. The molecule has 0 saturated carbocycles. The van der Waals surface area contributed by atoms with Gasteiger partial charge in [0, 0.05) is 50.5 Å². The minimum absolute atomic E-state index is 0. The van der Waals surface area contributed by atoms with Crippen LogP contribution in [0.3, 0.4) is 0 Å². The molecule has 0 atom stereocenters. The van der Waals surface area contributed by atoms with E-state index in [1.54, 1.807) is 18.6 Å². The summed E-state index contributed by atoms with van der Waals surface area (Å²) in [5.74, 6) is 0. The topological polar surface area (TPSA) is 51.6 Å². The minimum Gasteiger partial charge on any atom is -0.305 e. The molecule has 0 spiro atoms. The molecule has 0 aliphatic rings. The van der Waals surface area contributed by atoms with Crippen molar-refractivity contribution in [3.8, 4) is 55.9 Å². The van der Waals surface area contributed by atoms with Crippen LogP contribution in [0, 0.1) is 32.9 Å². The maximum Gasteiger partial charge on any atom is 0.0971 e. The standard InChI is InChI=1S/C33H24N3.C12H10N.Ir/c1-22-9-12-24(13-10-22)30-20-23(2)11-14-28(30)29-16-15-27(32-33(29)36-19-18-35-32)25-6-5-7-26(21-25)31-8-3-4-17-34-31;1-10-7-8-13-12(9-10)11-5-3-2-4-6-11;/h3-6,8-21H,1-2H3;2-5,7-9H,1H3;/q2*-1;. The Hall–Kier alpha value is -5.61. The van der Waals surface area contributed by atoms with Crippen molar-refractivity contribution in [2.45, 2.75) is 20.8 Å². The first kappa shape index (κ1) is 34.3. The Morgan fingerprint density at radius 2 is 1.08 bits per heavy atom. The van der Waals surface area contributed by atoms with Crippen molar-refractivity contribution in [1.82, 2.24) is 19.9 Å². The van der Waals surface area contributed by atoms with E-state index in [0.29, 0.717) is 0 Å². The van der Waals surface area contributed by atoms with Crippen LogP contribution < -0.4 is 0 Å². The zero-order chi connectivity index (χ0) is 33.6. The van der Waals surface area contributed by atoms with Crippen molar-refractivity contribution in [2.75, 3.05) is 0 Å². The Labute approximate surface area is 307 Å². The van der Waals surface area contributed by atoms with Crippen molar-refractivity contribution in [1.29, 1.82) is 0 Å². The van der Waals surface area contributed by atoms with Crippen LogP contribution in [-0.4, -0.2) is 19.9 Å². The second-order valence-corrected chi connectivity index (χ2v) is 12.0. The molecule has 3 aromatic heterocycles. The fraction of sp³-hybridized carbons (Fsp3) is 0.0667. The average Bonchev–Trinajstić information content (AvgIpc) is 3.16. The molecule has 0 bridgehead atoms. The number of aromatic nitrogens is 4. The molecule has 0 amide bonds. The first-order valence-electron chi connectivity index (χ1n) is 16.3. The summed E-state index contributed by atoms with van der Waals surface area (Å²) in [4.78, 5) is 18.4. The smallest absolute Gasteiger partial charge is 0.0971 e. The second-order valence-electron chi connectivity index (χ2n) is 12.0. The van der Waals surface area contributed by atoms with Crippen molar-refractivity contribution < 1.29 is 20.1 Å². The summed E-state index contributed by atoms with van der Waals surface area (Å²) in [6, 6.07) is 50.1. The molecule has 8 rings (SSSR count). The first-order chi connectivity index (χ1) is 24.0. The van der Waals surface area contributed by atoms with Gasteiger partial charge in [0.25, 0.3) is 0 Å². The number of benzene rings is 5. The molecule has 1 radical (unpaired) electrons. The second kappa shape index (κ2) is 15.7. The van der Waals surface area contributed by atoms with E-state index in [-0.39, 0.29) is 20.1 Å². The van der Waals surface area contributed by atoms with Crippen LogP contribution in [0.2, 0.25) is 0 Å². The van der Waals surface area contributed by atoms with Crippen LogP contribution in [0.15, 0.2) is 152 Å². The Bertz CT molecular complexity index is 2360. The molecule has 0 N–H and O–H groups in total. The van der Waals surface area contributed by atoms with Gasteiger partial charge in [-0.1, -0.05) is 95.1 Å². The summed E-state index contributed by atoms with van der Waals surface area (Å²) in [5.41, 5.74) is 16.1. The number of hydrogen-bond acceptors (Lipinski definition) is 4. The van der Waals surface area contributed by atoms with Gasteiger partial charge in [-0.15, -0.1) is 65.7 Å². The molecule has 5 aromatic carbocycles. The summed E-state index contributed by atoms with van der Waals surface area (Å²) in [6.07, 6.45) is 7.16. The van der Waals surface area contributed by atoms with Gasteiger partial charge in [0.05, 0.1) is 11.0 Å². The van der Waals surface area contributed by atoms with E-state index >= 15 is 0 Å². The predicted octanol–water partition coefficient (Wildman–Crippen LogP) is 11.0. The number of rotatable bonds is 5. The third-order valence-corrected chi connectivity index (χ3v) is 8.41. The summed E-state index contributed by atoms with van der Waals surface area (Å²) >= 11 is 0. The number of hydrogen-bond donors (Lipinski definition) is 0. The van der Waals surface area contributed by atoms with Gasteiger partial charge < -0.3 is 9.97 Å². The van der Waals surface area contributed by atoms with Gasteiger partial charge >= 0.3 is 0 Å². The maximum atomic E-state index is 4.81. The van der Waals surface area contributed by atoms with E-state index in [0.717, 1.165) is 55.8 Å². The van der Waals surface area contributed by atoms with Crippen LogP contribution in [0.25, 0.3) is 66.9 Å². The molecule has 0 aliphatic carbocycles. The maximum absolute atomic E-state index is 4.81. The van der Waals surface area contributed by atoms with E-state index in [2.05, 4.69) is 116 Å². The Morgan fingerprint density at radius 3 is 1.82 bits per heavy atom. The zero-order valence-electron chi connectivity index (χ0n) is 28.1. The first-order valence-corrected chi connectivity index (χ1v) is 16.3. The molecule has 4 nitrogen and oxygen atoms in total. The van der Waals surface area contributed by atoms with Crippen LogP contribution >= 0.6 is 0 Å². The molecule has 245 valence electrons. The Kier molecular flexibility index (Phi) is 10.8. The van der Waals surface area contributed by atoms with Gasteiger partial charge in [0.1, 0.15) is 0 Å². The molecule has 0 fully saturated rings. The Balaban J connectivity index is 0.000000260. The van der Waals surface area contributed by atoms with Gasteiger partial charge in [-0.25, -0.2) is 0 Å². The van der Waals surface area contributed by atoms with E-state index < -0.39 is 0 Å². The van der Waals surface area contributed by atoms with Crippen molar-refractivity contribution >= 4 is 11.0 Å². The van der Waals surface area contributed by atoms with Crippen molar-refractivity contribution in [2.24, 2.45) is 0 Å². The van der Waals surface area contributed by atoms with Crippen LogP contribution in [0.4, 0.5) is 0 Å².